The molecule has 0 N–H and O–H groups in total. The zero-order chi connectivity index (χ0) is 21.1. The molecular weight excluding hydrogens is 407 g/mol. The van der Waals surface area contributed by atoms with Gasteiger partial charge in [0.25, 0.3) is 0 Å². The van der Waals surface area contributed by atoms with Gasteiger partial charge < -0.3 is 9.29 Å². The second-order valence-corrected chi connectivity index (χ2v) is 9.24. The van der Waals surface area contributed by atoms with Crippen molar-refractivity contribution in [3.8, 4) is 11.1 Å². The number of rotatable bonds is 4. The molecule has 1 unspecified atom stereocenters. The maximum absolute atomic E-state index is 13.2. The van der Waals surface area contributed by atoms with Crippen molar-refractivity contribution in [1.82, 2.24) is 0 Å². The number of thiocarbonyl (C=S) groups is 1. The molecule has 0 aliphatic heterocycles. The maximum Gasteiger partial charge on any atom is 0.416 e. The summed E-state index contributed by atoms with van der Waals surface area (Å²) in [6.07, 6.45) is -3.29. The lowest BCUT2D eigenvalue weighted by Gasteiger charge is -2.18. The highest BCUT2D eigenvalue weighted by molar-refractivity contribution is 7.91. The molecule has 0 aliphatic rings. The molecule has 8 heteroatoms. The fourth-order valence-electron chi connectivity index (χ4n) is 2.36. The number of hydrogen-bond acceptors (Lipinski definition) is 4. The van der Waals surface area contributed by atoms with Crippen LogP contribution in [0, 0.1) is 0 Å². The molecule has 0 spiro atoms. The van der Waals surface area contributed by atoms with E-state index in [1.54, 1.807) is 45.0 Å². The summed E-state index contributed by atoms with van der Waals surface area (Å²) >= 11 is 3.60. The minimum absolute atomic E-state index is 0.193. The molecule has 28 heavy (non-hydrogen) atoms. The van der Waals surface area contributed by atoms with Crippen molar-refractivity contribution in [2.24, 2.45) is 4.40 Å². The molecule has 2 rings (SSSR count). The first-order chi connectivity index (χ1) is 12.9. The third-order valence-electron chi connectivity index (χ3n) is 3.81. The lowest BCUT2D eigenvalue weighted by molar-refractivity contribution is -0.137. The number of hydrogen-bond donors (Lipinski definition) is 0. The summed E-state index contributed by atoms with van der Waals surface area (Å²) in [5, 5.41) is 0.219. The molecular formula is C20H20F3NO2S2. The highest BCUT2D eigenvalue weighted by atomic mass is 32.2. The van der Waals surface area contributed by atoms with E-state index in [2.05, 4.69) is 4.40 Å². The molecule has 0 aliphatic carbocycles. The van der Waals surface area contributed by atoms with Crippen LogP contribution in [0.15, 0.2) is 46.9 Å². The number of alkyl halides is 3. The highest BCUT2D eigenvalue weighted by Gasteiger charge is 2.31. The average molecular weight is 428 g/mol. The van der Waals surface area contributed by atoms with Gasteiger partial charge in [0.15, 0.2) is 5.05 Å². The van der Waals surface area contributed by atoms with Gasteiger partial charge in [0, 0.05) is 11.1 Å². The van der Waals surface area contributed by atoms with Crippen molar-refractivity contribution in [3.63, 3.8) is 0 Å². The van der Waals surface area contributed by atoms with Crippen LogP contribution in [0.25, 0.3) is 11.1 Å². The molecule has 0 heterocycles. The van der Waals surface area contributed by atoms with E-state index >= 15 is 0 Å². The van der Waals surface area contributed by atoms with Gasteiger partial charge in [0.2, 0.25) is 0 Å². The fourth-order valence-corrected chi connectivity index (χ4v) is 3.06. The van der Waals surface area contributed by atoms with Crippen LogP contribution in [0.2, 0.25) is 0 Å². The van der Waals surface area contributed by atoms with Gasteiger partial charge in [-0.1, -0.05) is 28.7 Å². The minimum atomic E-state index is -4.51. The normalized spacial score (nSPS) is 13.6. The fraction of sp³-hybridized carbons (Fsp3) is 0.300. The largest absolute Gasteiger partial charge is 0.591 e. The van der Waals surface area contributed by atoms with Crippen LogP contribution < -0.4 is 0 Å². The Morgan fingerprint density at radius 1 is 1.11 bits per heavy atom. The smallest absolute Gasteiger partial charge is 0.416 e. The minimum Gasteiger partial charge on any atom is -0.591 e. The Bertz CT molecular complexity index is 890. The zero-order valence-electron chi connectivity index (χ0n) is 15.8. The maximum atomic E-state index is 13.2. The first-order valence-corrected chi connectivity index (χ1v) is 9.81. The van der Waals surface area contributed by atoms with E-state index in [9.17, 15) is 17.7 Å². The second kappa shape index (κ2) is 8.63. The second-order valence-electron chi connectivity index (χ2n) is 6.93. The number of ether oxygens (including phenoxy) is 1. The van der Waals surface area contributed by atoms with E-state index in [-0.39, 0.29) is 10.6 Å². The lowest BCUT2D eigenvalue weighted by atomic mass is 9.94. The van der Waals surface area contributed by atoms with E-state index in [1.807, 2.05) is 0 Å². The molecule has 0 fully saturated rings. The van der Waals surface area contributed by atoms with Gasteiger partial charge >= 0.3 is 6.18 Å². The van der Waals surface area contributed by atoms with E-state index in [4.69, 9.17) is 17.0 Å². The first-order valence-electron chi connectivity index (χ1n) is 8.30. The van der Waals surface area contributed by atoms with Gasteiger partial charge in [0.05, 0.1) is 18.9 Å². The quantitative estimate of drug-likeness (QED) is 0.364. The Morgan fingerprint density at radius 3 is 2.32 bits per heavy atom. The summed E-state index contributed by atoms with van der Waals surface area (Å²) in [7, 11) is 1.43. The van der Waals surface area contributed by atoms with E-state index in [0.717, 1.165) is 12.1 Å². The van der Waals surface area contributed by atoms with Gasteiger partial charge in [-0.3, -0.25) is 0 Å². The van der Waals surface area contributed by atoms with Crippen LogP contribution >= 0.6 is 12.2 Å². The lowest BCUT2D eigenvalue weighted by Crippen LogP contribution is -2.25. The molecule has 0 saturated carbocycles. The van der Waals surface area contributed by atoms with Crippen LogP contribution in [-0.4, -0.2) is 27.7 Å². The highest BCUT2D eigenvalue weighted by Crippen LogP contribution is 2.34. The summed E-state index contributed by atoms with van der Waals surface area (Å²) in [6, 6.07) is 10.3. The number of benzene rings is 2. The van der Waals surface area contributed by atoms with Crippen molar-refractivity contribution in [1.29, 1.82) is 0 Å². The molecule has 2 aromatic carbocycles. The Balaban J connectivity index is 2.66. The Labute approximate surface area is 171 Å². The summed E-state index contributed by atoms with van der Waals surface area (Å²) in [4.78, 5) is 0. The van der Waals surface area contributed by atoms with E-state index < -0.39 is 27.8 Å². The van der Waals surface area contributed by atoms with E-state index in [0.29, 0.717) is 16.7 Å². The molecule has 1 atom stereocenters. The summed E-state index contributed by atoms with van der Waals surface area (Å²) < 4.78 is 60.3. The molecule has 0 aromatic heterocycles. The predicted octanol–water partition coefficient (Wildman–Crippen LogP) is 5.58. The SMILES string of the molecule is COC(=S)c1ccccc1-c1ccc(C(F)(F)F)cc1C=N[S+]([O-])C(C)(C)C. The molecule has 0 radical (unpaired) electrons. The zero-order valence-corrected chi connectivity index (χ0v) is 17.5. The molecule has 2 aromatic rings. The summed E-state index contributed by atoms with van der Waals surface area (Å²) in [6.45, 7) is 5.21. The standard InChI is InChI=1S/C20H20F3NO2S2/c1-19(2,3)28(25)24-12-13-11-14(20(21,22)23)9-10-15(13)16-7-5-6-8-17(16)18(27)26-4/h5-12H,1-4H3. The average Bonchev–Trinajstić information content (AvgIpc) is 2.63. The number of halogens is 3. The topological polar surface area (TPSA) is 44.6 Å². The molecule has 0 bridgehead atoms. The molecule has 150 valence electrons. The van der Waals surface area contributed by atoms with Gasteiger partial charge in [-0.2, -0.15) is 13.2 Å². The Kier molecular flexibility index (Phi) is 6.90. The third-order valence-corrected chi connectivity index (χ3v) is 5.54. The van der Waals surface area contributed by atoms with Gasteiger partial charge in [0.1, 0.15) is 16.1 Å². The molecule has 3 nitrogen and oxygen atoms in total. The van der Waals surface area contributed by atoms with Gasteiger partial charge in [-0.25, -0.2) is 0 Å². The number of methoxy groups -OCH3 is 1. The van der Waals surface area contributed by atoms with Crippen LogP contribution in [0.1, 0.15) is 37.5 Å². The van der Waals surface area contributed by atoms with Crippen LogP contribution in [-0.2, 0) is 22.3 Å². The van der Waals surface area contributed by atoms with Crippen LogP contribution in [0.3, 0.4) is 0 Å². The number of nitrogens with zero attached hydrogens (tertiary/aromatic N) is 1. The van der Waals surface area contributed by atoms with Crippen LogP contribution in [0.4, 0.5) is 13.2 Å². The van der Waals surface area contributed by atoms with Crippen molar-refractivity contribution >= 4 is 34.8 Å². The monoisotopic (exact) mass is 427 g/mol. The van der Waals surface area contributed by atoms with Crippen molar-refractivity contribution < 1.29 is 22.5 Å². The first kappa shape index (κ1) is 22.4. The van der Waals surface area contributed by atoms with Gasteiger partial charge in [-0.05, 0) is 62.3 Å². The Hall–Kier alpha value is -1.90. The van der Waals surface area contributed by atoms with Crippen molar-refractivity contribution in [2.75, 3.05) is 7.11 Å². The summed E-state index contributed by atoms with van der Waals surface area (Å²) in [5.41, 5.74) is 1.04. The van der Waals surface area contributed by atoms with Crippen molar-refractivity contribution in [3.05, 3.63) is 59.2 Å². The molecule has 0 amide bonds. The molecule has 0 saturated heterocycles. The van der Waals surface area contributed by atoms with Gasteiger partial charge in [-0.15, -0.1) is 0 Å². The van der Waals surface area contributed by atoms with E-state index in [1.165, 1.54) is 19.4 Å². The summed E-state index contributed by atoms with van der Waals surface area (Å²) in [5.74, 6) is 0. The van der Waals surface area contributed by atoms with Crippen molar-refractivity contribution in [2.45, 2.75) is 31.7 Å². The third kappa shape index (κ3) is 5.33. The predicted molar refractivity (Wildman–Crippen MR) is 111 cm³/mol. The Morgan fingerprint density at radius 2 is 1.75 bits per heavy atom. The van der Waals surface area contributed by atoms with Crippen LogP contribution in [0.5, 0.6) is 0 Å².